The fourth-order valence-corrected chi connectivity index (χ4v) is 5.82. The smallest absolute Gasteiger partial charge is 0.485 e. The van der Waals surface area contributed by atoms with Crippen molar-refractivity contribution in [1.82, 2.24) is 0 Å². The molecule has 6 rings (SSSR count). The van der Waals surface area contributed by atoms with Crippen LogP contribution in [0.4, 0.5) is 5.88 Å². The molecule has 2 aliphatic heterocycles. The number of fused-ring (bicyclic) bond motifs is 2. The van der Waals surface area contributed by atoms with E-state index in [-0.39, 0.29) is 10.8 Å². The topological polar surface area (TPSA) is 84.5 Å². The molecule has 1 saturated heterocycles. The van der Waals surface area contributed by atoms with Crippen molar-refractivity contribution in [3.05, 3.63) is 99.2 Å². The van der Waals surface area contributed by atoms with Gasteiger partial charge in [-0.25, -0.2) is 0 Å². The van der Waals surface area contributed by atoms with Gasteiger partial charge in [-0.3, -0.25) is 4.79 Å². The van der Waals surface area contributed by atoms with Crippen molar-refractivity contribution in [3.8, 4) is 16.9 Å². The van der Waals surface area contributed by atoms with Gasteiger partial charge in [0.2, 0.25) is 5.88 Å². The molecule has 3 heterocycles. The highest BCUT2D eigenvalue weighted by atomic mass is 16.6. The second-order valence-corrected chi connectivity index (χ2v) is 13.2. The first-order chi connectivity index (χ1) is 21.3. The third-order valence-corrected chi connectivity index (χ3v) is 8.42. The quantitative estimate of drug-likeness (QED) is 0.187. The molecule has 0 aliphatic carbocycles. The summed E-state index contributed by atoms with van der Waals surface area (Å²) in [6, 6.07) is 17.6. The minimum absolute atomic E-state index is 0.00512. The highest BCUT2D eigenvalue weighted by Gasteiger charge is 2.29. The Morgan fingerprint density at radius 2 is 1.78 bits per heavy atom. The maximum absolute atomic E-state index is 13.6. The van der Waals surface area contributed by atoms with E-state index in [1.807, 2.05) is 89.2 Å². The average molecular weight is 607 g/mol. The Hall–Kier alpha value is -4.30. The van der Waals surface area contributed by atoms with E-state index in [0.29, 0.717) is 33.6 Å². The normalized spacial score (nSPS) is 15.9. The van der Waals surface area contributed by atoms with Crippen LogP contribution in [0.1, 0.15) is 75.8 Å². The molecule has 0 spiro atoms. The maximum Gasteiger partial charge on any atom is 0.583 e. The molecule has 2 aliphatic rings. The van der Waals surface area contributed by atoms with Crippen molar-refractivity contribution >= 4 is 35.6 Å². The van der Waals surface area contributed by atoms with Crippen molar-refractivity contribution in [1.29, 1.82) is 0 Å². The van der Waals surface area contributed by atoms with Crippen LogP contribution in [0.15, 0.2) is 81.1 Å². The number of ether oxygens (including phenoxy) is 1. The van der Waals surface area contributed by atoms with Crippen LogP contribution in [0.25, 0.3) is 22.1 Å². The van der Waals surface area contributed by atoms with E-state index in [9.17, 15) is 9.82 Å². The number of nitrogens with zero attached hydrogens (tertiary/aromatic N) is 2. The molecular weight excluding hydrogens is 563 g/mol. The number of hydrogen-bond donors (Lipinski definition) is 1. The predicted octanol–water partition coefficient (Wildman–Crippen LogP) is 7.48. The van der Waals surface area contributed by atoms with Crippen LogP contribution in [-0.4, -0.2) is 31.4 Å². The van der Waals surface area contributed by atoms with Crippen LogP contribution >= 0.6 is 0 Å². The molecule has 1 aromatic heterocycles. The molecule has 0 amide bonds. The predicted molar refractivity (Wildman–Crippen MR) is 185 cm³/mol. The van der Waals surface area contributed by atoms with Crippen LogP contribution in [0.2, 0.25) is 0 Å². The van der Waals surface area contributed by atoms with Crippen molar-refractivity contribution in [2.75, 3.05) is 18.0 Å². The zero-order chi connectivity index (χ0) is 32.5. The van der Waals surface area contributed by atoms with E-state index in [1.54, 1.807) is 6.21 Å². The Labute approximate surface area is 266 Å². The first-order valence-electron chi connectivity index (χ1n) is 15.6. The second-order valence-electron chi connectivity index (χ2n) is 13.2. The molecule has 3 aromatic carbocycles. The van der Waals surface area contributed by atoms with E-state index in [4.69, 9.17) is 13.9 Å². The molecule has 7 nitrogen and oxygen atoms in total. The van der Waals surface area contributed by atoms with Crippen molar-refractivity contribution in [3.63, 3.8) is 0 Å². The summed E-state index contributed by atoms with van der Waals surface area (Å²) in [4.78, 5) is 15.8. The van der Waals surface area contributed by atoms with Crippen LogP contribution in [0.3, 0.4) is 0 Å². The van der Waals surface area contributed by atoms with E-state index in [2.05, 4.69) is 30.5 Å². The van der Waals surface area contributed by atoms with E-state index >= 15 is 0 Å². The van der Waals surface area contributed by atoms with Gasteiger partial charge < -0.3 is 23.8 Å². The lowest BCUT2D eigenvalue weighted by Gasteiger charge is -2.37. The number of rotatable bonds is 5. The molecule has 1 N–H and O–H groups in total. The summed E-state index contributed by atoms with van der Waals surface area (Å²) in [7, 11) is -1.08. The molecule has 234 valence electrons. The summed E-state index contributed by atoms with van der Waals surface area (Å²) in [5.74, 6) is 1.37. The second kappa shape index (κ2) is 13.0. The number of oxime groups is 1. The Morgan fingerprint density at radius 3 is 2.49 bits per heavy atom. The summed E-state index contributed by atoms with van der Waals surface area (Å²) in [5.41, 5.74) is 7.80. The minimum atomic E-state index is -1.08. The molecule has 1 atom stereocenters. The molecule has 1 unspecified atom stereocenters. The van der Waals surface area contributed by atoms with Gasteiger partial charge in [-0.05, 0) is 93.8 Å². The number of piperidine rings is 1. The molecule has 0 saturated carbocycles. The Kier molecular flexibility index (Phi) is 9.26. The van der Waals surface area contributed by atoms with Crippen molar-refractivity contribution in [2.24, 2.45) is 10.6 Å². The highest BCUT2D eigenvalue weighted by molar-refractivity contribution is 6.62. The molecule has 4 aromatic rings. The van der Waals surface area contributed by atoms with Gasteiger partial charge in [0.05, 0.1) is 17.2 Å². The van der Waals surface area contributed by atoms with E-state index in [0.717, 1.165) is 53.7 Å². The van der Waals surface area contributed by atoms with Gasteiger partial charge in [0.25, 0.3) is 0 Å². The molecule has 0 radical (unpaired) electrons. The van der Waals surface area contributed by atoms with Crippen LogP contribution < -0.4 is 20.5 Å². The number of anilines is 1. The maximum atomic E-state index is 13.6. The Morgan fingerprint density at radius 1 is 1.09 bits per heavy atom. The summed E-state index contributed by atoms with van der Waals surface area (Å²) in [5, 5.41) is 14.5. The van der Waals surface area contributed by atoms with Crippen LogP contribution in [0, 0.1) is 19.3 Å². The Balaban J connectivity index is 0.000000945. The average Bonchev–Trinajstić information content (AvgIpc) is 2.99. The highest BCUT2D eigenvalue weighted by Crippen LogP contribution is 2.38. The standard InChI is InChI=1S/C33H35BN2O5.C4H8/c1-20-16-26(31-27(17-20)30(37)21(2)32(40-31)36-14-12-33(4,5)13-15-36)22(3)39-29-9-7-6-8-25(29)23-10-11-28-24(18-23)19-35-41-34(28)38;1-4(2)3/h6-11,16-19,22,38H,12-15H2,1-5H3;1H2,2-3H3. The van der Waals surface area contributed by atoms with Gasteiger partial charge in [-0.2, -0.15) is 0 Å². The number of aryl methyl sites for hydroxylation is 1. The van der Waals surface area contributed by atoms with Gasteiger partial charge in [-0.1, -0.05) is 49.8 Å². The van der Waals surface area contributed by atoms with E-state index in [1.165, 1.54) is 5.57 Å². The SMILES string of the molecule is C=C(C)C.Cc1cc(C(C)Oc2ccccc2-c2ccc3c(c2)C=NOB3O)c2oc(N3CCC(C)(C)CC3)c(C)c(=O)c2c1. The fourth-order valence-electron chi connectivity index (χ4n) is 5.82. The van der Waals surface area contributed by atoms with Crippen molar-refractivity contribution < 1.29 is 18.9 Å². The molecule has 45 heavy (non-hydrogen) atoms. The van der Waals surface area contributed by atoms with Gasteiger partial charge >= 0.3 is 7.12 Å². The van der Waals surface area contributed by atoms with Gasteiger partial charge in [-0.15, -0.1) is 11.7 Å². The fraction of sp³-hybridized carbons (Fsp3) is 0.351. The van der Waals surface area contributed by atoms with Gasteiger partial charge in [0, 0.05) is 29.7 Å². The third kappa shape index (κ3) is 7.01. The zero-order valence-electron chi connectivity index (χ0n) is 27.4. The van der Waals surface area contributed by atoms with Gasteiger partial charge in [0.1, 0.15) is 17.4 Å². The van der Waals surface area contributed by atoms with Gasteiger partial charge in [0.15, 0.2) is 5.43 Å². The summed E-state index contributed by atoms with van der Waals surface area (Å²) < 4.78 is 18.2. The van der Waals surface area contributed by atoms with Crippen LogP contribution in [0.5, 0.6) is 5.75 Å². The van der Waals surface area contributed by atoms with Crippen LogP contribution in [-0.2, 0) is 4.76 Å². The molecular formula is C37H43BN2O5. The lowest BCUT2D eigenvalue weighted by Crippen LogP contribution is -2.38. The number of hydrogen-bond acceptors (Lipinski definition) is 7. The number of allylic oxidation sites excluding steroid dienone is 1. The third-order valence-electron chi connectivity index (χ3n) is 8.42. The first-order valence-corrected chi connectivity index (χ1v) is 15.6. The zero-order valence-corrected chi connectivity index (χ0v) is 27.4. The number of para-hydroxylation sites is 1. The monoisotopic (exact) mass is 606 g/mol. The molecule has 0 bridgehead atoms. The van der Waals surface area contributed by atoms with Crippen molar-refractivity contribution in [2.45, 2.75) is 67.4 Å². The Bertz CT molecular complexity index is 1810. The molecule has 1 fully saturated rings. The summed E-state index contributed by atoms with van der Waals surface area (Å²) in [6.45, 7) is 19.6. The lowest BCUT2D eigenvalue weighted by atomic mass is 9.75. The first kappa shape index (κ1) is 32.1. The van der Waals surface area contributed by atoms with E-state index < -0.39 is 13.2 Å². The molecule has 8 heteroatoms. The summed E-state index contributed by atoms with van der Waals surface area (Å²) in [6.07, 6.45) is 3.30. The lowest BCUT2D eigenvalue weighted by molar-refractivity contribution is 0.228. The number of benzene rings is 3. The minimum Gasteiger partial charge on any atom is -0.485 e. The largest absolute Gasteiger partial charge is 0.583 e. The summed E-state index contributed by atoms with van der Waals surface area (Å²) >= 11 is 0.